The molecule has 5 heteroatoms. The molecule has 4 rings (SSSR count). The van der Waals surface area contributed by atoms with E-state index in [1.165, 1.54) is 4.90 Å². The second-order valence-corrected chi connectivity index (χ2v) is 8.43. The fourth-order valence-corrected chi connectivity index (χ4v) is 4.30. The molecule has 0 radical (unpaired) electrons. The van der Waals surface area contributed by atoms with Crippen LogP contribution < -0.4 is 4.74 Å². The lowest BCUT2D eigenvalue weighted by Crippen LogP contribution is -2.30. The molecule has 1 aliphatic heterocycles. The van der Waals surface area contributed by atoms with E-state index >= 15 is 0 Å². The first-order valence-electron chi connectivity index (χ1n) is 10.6. The molecule has 158 valence electrons. The highest BCUT2D eigenvalue weighted by Crippen LogP contribution is 2.29. The summed E-state index contributed by atoms with van der Waals surface area (Å²) < 4.78 is 6.93. The summed E-state index contributed by atoms with van der Waals surface area (Å²) in [7, 11) is 0. The Hall–Kier alpha value is -2.92. The Labute approximate surface area is 191 Å². The summed E-state index contributed by atoms with van der Waals surface area (Å²) in [5.41, 5.74) is 3.35. The monoisotopic (exact) mass is 477 g/mol. The van der Waals surface area contributed by atoms with Gasteiger partial charge in [0, 0.05) is 11.0 Å². The molecule has 0 atom stereocenters. The Morgan fingerprint density at radius 3 is 1.90 bits per heavy atom. The maximum atomic E-state index is 12.3. The van der Waals surface area contributed by atoms with Crippen LogP contribution >= 0.6 is 15.9 Å². The van der Waals surface area contributed by atoms with Crippen LogP contribution in [-0.2, 0) is 0 Å². The molecule has 0 unspecified atom stereocenters. The van der Waals surface area contributed by atoms with Crippen LogP contribution in [0, 0.1) is 0 Å². The van der Waals surface area contributed by atoms with Gasteiger partial charge in [0.2, 0.25) is 0 Å². The fourth-order valence-electron chi connectivity index (χ4n) is 3.78. The number of carbonyl (C=O) groups excluding carboxylic acids is 2. The smallest absolute Gasteiger partial charge is 0.261 e. The van der Waals surface area contributed by atoms with Crippen LogP contribution in [0.5, 0.6) is 5.75 Å². The van der Waals surface area contributed by atoms with E-state index in [0.717, 1.165) is 47.0 Å². The Bertz CT molecular complexity index is 1040. The first-order valence-corrected chi connectivity index (χ1v) is 11.4. The highest BCUT2D eigenvalue weighted by Gasteiger charge is 2.34. The number of nitrogens with zero attached hydrogens (tertiary/aromatic N) is 1. The van der Waals surface area contributed by atoms with Crippen molar-refractivity contribution in [3.8, 4) is 16.9 Å². The van der Waals surface area contributed by atoms with Crippen LogP contribution in [0.4, 0.5) is 0 Å². The molecule has 0 aromatic heterocycles. The number of amides is 2. The number of fused-ring (bicyclic) bond motifs is 1. The van der Waals surface area contributed by atoms with Gasteiger partial charge in [-0.15, -0.1) is 0 Å². The number of ether oxygens (including phenoxy) is 1. The standard InChI is InChI=1S/C26H24BrNO3/c27-24-12-6-5-9-21(24)19-13-15-20(16-14-19)31-18-8-2-1-7-17-28-25(29)22-10-3-4-11-23(22)26(28)30/h3-6,9-16H,1-2,7-8,17-18H2. The van der Waals surface area contributed by atoms with Gasteiger partial charge in [-0.3, -0.25) is 14.5 Å². The molecule has 31 heavy (non-hydrogen) atoms. The predicted molar refractivity (Wildman–Crippen MR) is 125 cm³/mol. The third kappa shape index (κ3) is 4.88. The Balaban J connectivity index is 1.15. The maximum Gasteiger partial charge on any atom is 0.261 e. The van der Waals surface area contributed by atoms with E-state index in [2.05, 4.69) is 34.1 Å². The zero-order valence-corrected chi connectivity index (χ0v) is 18.8. The van der Waals surface area contributed by atoms with Crippen LogP contribution in [0.25, 0.3) is 11.1 Å². The first kappa shape index (κ1) is 21.3. The number of hydrogen-bond acceptors (Lipinski definition) is 3. The Kier molecular flexibility index (Phi) is 6.82. The summed E-state index contributed by atoms with van der Waals surface area (Å²) >= 11 is 3.59. The van der Waals surface area contributed by atoms with Gasteiger partial charge in [0.1, 0.15) is 5.75 Å². The molecule has 1 aliphatic rings. The van der Waals surface area contributed by atoms with E-state index in [4.69, 9.17) is 4.74 Å². The van der Waals surface area contributed by atoms with Gasteiger partial charge in [-0.1, -0.05) is 71.2 Å². The first-order chi connectivity index (χ1) is 15.1. The molecule has 4 nitrogen and oxygen atoms in total. The van der Waals surface area contributed by atoms with Crippen LogP contribution in [0.1, 0.15) is 46.4 Å². The maximum absolute atomic E-state index is 12.3. The van der Waals surface area contributed by atoms with Gasteiger partial charge < -0.3 is 4.74 Å². The molecule has 3 aromatic carbocycles. The Morgan fingerprint density at radius 1 is 0.677 bits per heavy atom. The number of benzene rings is 3. The van der Waals surface area contributed by atoms with Crippen molar-refractivity contribution in [3.05, 3.63) is 88.4 Å². The van der Waals surface area contributed by atoms with E-state index in [-0.39, 0.29) is 11.8 Å². The van der Waals surface area contributed by atoms with E-state index in [1.807, 2.05) is 30.3 Å². The van der Waals surface area contributed by atoms with Crippen molar-refractivity contribution in [2.24, 2.45) is 0 Å². The second-order valence-electron chi connectivity index (χ2n) is 7.57. The quantitative estimate of drug-likeness (QED) is 0.266. The van der Waals surface area contributed by atoms with Crippen LogP contribution in [0.2, 0.25) is 0 Å². The summed E-state index contributed by atoms with van der Waals surface area (Å²) in [6.45, 7) is 1.13. The summed E-state index contributed by atoms with van der Waals surface area (Å²) in [4.78, 5) is 26.1. The average molecular weight is 478 g/mol. The van der Waals surface area contributed by atoms with E-state index in [0.29, 0.717) is 24.3 Å². The molecule has 3 aromatic rings. The van der Waals surface area contributed by atoms with Crippen LogP contribution in [0.15, 0.2) is 77.3 Å². The molecule has 0 aliphatic carbocycles. The molecule has 2 amide bonds. The van der Waals surface area contributed by atoms with Crippen molar-refractivity contribution in [2.45, 2.75) is 25.7 Å². The number of unbranched alkanes of at least 4 members (excludes halogenated alkanes) is 3. The lowest BCUT2D eigenvalue weighted by Gasteiger charge is -2.13. The zero-order chi connectivity index (χ0) is 21.6. The predicted octanol–water partition coefficient (Wildman–Crippen LogP) is 6.35. The van der Waals surface area contributed by atoms with Gasteiger partial charge >= 0.3 is 0 Å². The van der Waals surface area contributed by atoms with Gasteiger partial charge in [-0.05, 0) is 54.3 Å². The number of rotatable bonds is 9. The van der Waals surface area contributed by atoms with Crippen molar-refractivity contribution < 1.29 is 14.3 Å². The number of carbonyl (C=O) groups is 2. The van der Waals surface area contributed by atoms with E-state index in [9.17, 15) is 9.59 Å². The molecular formula is C26H24BrNO3. The van der Waals surface area contributed by atoms with E-state index in [1.54, 1.807) is 24.3 Å². The van der Waals surface area contributed by atoms with Crippen molar-refractivity contribution in [3.63, 3.8) is 0 Å². The third-order valence-electron chi connectivity index (χ3n) is 5.46. The largest absolute Gasteiger partial charge is 0.494 e. The van der Waals surface area contributed by atoms with Crippen molar-refractivity contribution in [1.82, 2.24) is 4.90 Å². The number of halogens is 1. The van der Waals surface area contributed by atoms with Gasteiger partial charge in [0.15, 0.2) is 0 Å². The molecular weight excluding hydrogens is 454 g/mol. The minimum atomic E-state index is -0.171. The van der Waals surface area contributed by atoms with E-state index < -0.39 is 0 Å². The van der Waals surface area contributed by atoms with Gasteiger partial charge in [-0.2, -0.15) is 0 Å². The Morgan fingerprint density at radius 2 is 1.26 bits per heavy atom. The van der Waals surface area contributed by atoms with Crippen molar-refractivity contribution >= 4 is 27.7 Å². The highest BCUT2D eigenvalue weighted by molar-refractivity contribution is 9.10. The fraction of sp³-hybridized carbons (Fsp3) is 0.231. The molecule has 0 saturated carbocycles. The van der Waals surface area contributed by atoms with Crippen LogP contribution in [0.3, 0.4) is 0 Å². The summed E-state index contributed by atoms with van der Waals surface area (Å²) in [5, 5.41) is 0. The average Bonchev–Trinajstić information content (AvgIpc) is 3.04. The van der Waals surface area contributed by atoms with Crippen molar-refractivity contribution in [1.29, 1.82) is 0 Å². The van der Waals surface area contributed by atoms with Crippen LogP contribution in [-0.4, -0.2) is 29.9 Å². The molecule has 0 bridgehead atoms. The molecule has 0 fully saturated rings. The molecule has 0 spiro atoms. The SMILES string of the molecule is O=C1c2ccccc2C(=O)N1CCCCCCOc1ccc(-c2ccccc2Br)cc1. The molecule has 1 heterocycles. The third-order valence-corrected chi connectivity index (χ3v) is 6.15. The lowest BCUT2D eigenvalue weighted by atomic mass is 10.1. The molecule has 0 saturated heterocycles. The summed E-state index contributed by atoms with van der Waals surface area (Å²) in [5.74, 6) is 0.520. The number of imide groups is 1. The van der Waals surface area contributed by atoms with Gasteiger partial charge in [0.25, 0.3) is 11.8 Å². The number of hydrogen-bond donors (Lipinski definition) is 0. The molecule has 0 N–H and O–H groups in total. The van der Waals surface area contributed by atoms with Crippen molar-refractivity contribution in [2.75, 3.05) is 13.2 Å². The second kappa shape index (κ2) is 9.92. The van der Waals surface area contributed by atoms with Gasteiger partial charge in [0.05, 0.1) is 17.7 Å². The summed E-state index contributed by atoms with van der Waals surface area (Å²) in [6.07, 6.45) is 3.70. The normalized spacial score (nSPS) is 12.9. The minimum absolute atomic E-state index is 0.171. The zero-order valence-electron chi connectivity index (χ0n) is 17.2. The summed E-state index contributed by atoms with van der Waals surface area (Å²) in [6, 6.07) is 23.3. The topological polar surface area (TPSA) is 46.6 Å². The lowest BCUT2D eigenvalue weighted by molar-refractivity contribution is 0.0651. The van der Waals surface area contributed by atoms with Gasteiger partial charge in [-0.25, -0.2) is 0 Å². The minimum Gasteiger partial charge on any atom is -0.494 e. The highest BCUT2D eigenvalue weighted by atomic mass is 79.9.